The lowest BCUT2D eigenvalue weighted by molar-refractivity contribution is -0.156. The van der Waals surface area contributed by atoms with Crippen molar-refractivity contribution in [2.24, 2.45) is 0 Å². The van der Waals surface area contributed by atoms with Crippen LogP contribution in [-0.2, 0) is 4.79 Å². The number of aliphatic carboxylic acids is 1. The van der Waals surface area contributed by atoms with Gasteiger partial charge in [-0.2, -0.15) is 0 Å². The molecule has 1 atom stereocenters. The molecule has 1 unspecified atom stereocenters. The van der Waals surface area contributed by atoms with Crippen molar-refractivity contribution in [2.45, 2.75) is 12.5 Å². The fraction of sp³-hybridized carbons (Fsp3) is 0.778. The Morgan fingerprint density at radius 1 is 1.31 bits per heavy atom. The van der Waals surface area contributed by atoms with Crippen LogP contribution in [0.3, 0.4) is 0 Å². The van der Waals surface area contributed by atoms with E-state index >= 15 is 0 Å². The number of hydrogen-bond donors (Lipinski definition) is 4. The lowest BCUT2D eigenvalue weighted by Crippen LogP contribution is -2.47. The number of amides is 2. The smallest absolute Gasteiger partial charge is 0.336 e. The summed E-state index contributed by atoms with van der Waals surface area (Å²) in [5, 5.41) is 23.3. The summed E-state index contributed by atoms with van der Waals surface area (Å²) in [4.78, 5) is 23.0. The van der Waals surface area contributed by atoms with Crippen LogP contribution in [0.4, 0.5) is 4.79 Å². The lowest BCUT2D eigenvalue weighted by atomic mass is 10.1. The van der Waals surface area contributed by atoms with Gasteiger partial charge >= 0.3 is 12.0 Å². The summed E-state index contributed by atoms with van der Waals surface area (Å²) in [6, 6.07) is -0.216. The molecule has 0 spiro atoms. The highest BCUT2D eigenvalue weighted by Crippen LogP contribution is 1.99. The standard InChI is InChI=1S/C9H19N3O4/c1-9(16,7(13)14)6-10-4-5-11-8(15)12(2)3/h10,16H,4-6H2,1-3H3,(H,11,15)(H,13,14). The number of hydrogen-bond acceptors (Lipinski definition) is 4. The zero-order valence-electron chi connectivity index (χ0n) is 9.78. The molecule has 7 heteroatoms. The molecule has 7 nitrogen and oxygen atoms in total. The molecule has 0 aliphatic carbocycles. The molecule has 0 saturated heterocycles. The first kappa shape index (κ1) is 14.7. The molecule has 0 saturated carbocycles. The third-order valence-corrected chi connectivity index (χ3v) is 1.91. The molecule has 0 rings (SSSR count). The van der Waals surface area contributed by atoms with Gasteiger partial charge < -0.3 is 25.7 Å². The Morgan fingerprint density at radius 3 is 2.31 bits per heavy atom. The Hall–Kier alpha value is -1.34. The highest BCUT2D eigenvalue weighted by atomic mass is 16.4. The number of aliphatic hydroxyl groups is 1. The van der Waals surface area contributed by atoms with Crippen LogP contribution in [-0.4, -0.2) is 66.4 Å². The predicted octanol–water partition coefficient (Wildman–Crippen LogP) is -1.32. The first-order chi connectivity index (χ1) is 7.27. The van der Waals surface area contributed by atoms with Crippen molar-refractivity contribution in [1.82, 2.24) is 15.5 Å². The van der Waals surface area contributed by atoms with Gasteiger partial charge in [0.2, 0.25) is 0 Å². The normalized spacial score (nSPS) is 14.0. The van der Waals surface area contributed by atoms with Crippen molar-refractivity contribution in [2.75, 3.05) is 33.7 Å². The van der Waals surface area contributed by atoms with Crippen molar-refractivity contribution in [1.29, 1.82) is 0 Å². The number of nitrogens with one attached hydrogen (secondary N) is 2. The fourth-order valence-electron chi connectivity index (χ4n) is 0.823. The Morgan fingerprint density at radius 2 is 1.88 bits per heavy atom. The third-order valence-electron chi connectivity index (χ3n) is 1.91. The van der Waals surface area contributed by atoms with Crippen LogP contribution in [0.2, 0.25) is 0 Å². The number of urea groups is 1. The van der Waals surface area contributed by atoms with E-state index in [2.05, 4.69) is 10.6 Å². The van der Waals surface area contributed by atoms with Crippen LogP contribution >= 0.6 is 0 Å². The number of nitrogens with zero attached hydrogens (tertiary/aromatic N) is 1. The Bertz CT molecular complexity index is 253. The summed E-state index contributed by atoms with van der Waals surface area (Å²) in [6.07, 6.45) is 0. The molecule has 0 aliphatic rings. The molecule has 0 aliphatic heterocycles. The monoisotopic (exact) mass is 233 g/mol. The van der Waals surface area contributed by atoms with Crippen LogP contribution in [0.5, 0.6) is 0 Å². The summed E-state index contributed by atoms with van der Waals surface area (Å²) in [7, 11) is 3.25. The van der Waals surface area contributed by atoms with Gasteiger partial charge in [0.15, 0.2) is 5.60 Å². The van der Waals surface area contributed by atoms with E-state index in [-0.39, 0.29) is 12.6 Å². The molecule has 0 aromatic carbocycles. The van der Waals surface area contributed by atoms with Crippen molar-refractivity contribution in [3.05, 3.63) is 0 Å². The highest BCUT2D eigenvalue weighted by Gasteiger charge is 2.28. The number of carbonyl (C=O) groups excluding carboxylic acids is 1. The molecule has 0 bridgehead atoms. The van der Waals surface area contributed by atoms with Gasteiger partial charge in [-0.1, -0.05) is 0 Å². The lowest BCUT2D eigenvalue weighted by Gasteiger charge is -2.18. The molecule has 0 aromatic heterocycles. The SMILES string of the molecule is CN(C)C(=O)NCCNCC(C)(O)C(=O)O. The minimum Gasteiger partial charge on any atom is -0.479 e. The average molecular weight is 233 g/mol. The maximum absolute atomic E-state index is 11.1. The average Bonchev–Trinajstić information content (AvgIpc) is 2.16. The second-order valence-corrected chi connectivity index (χ2v) is 3.88. The molecule has 0 heterocycles. The zero-order chi connectivity index (χ0) is 12.8. The maximum Gasteiger partial charge on any atom is 0.336 e. The van der Waals surface area contributed by atoms with Crippen molar-refractivity contribution >= 4 is 12.0 Å². The summed E-state index contributed by atoms with van der Waals surface area (Å²) in [6.45, 7) is 1.90. The first-order valence-corrected chi connectivity index (χ1v) is 4.89. The molecule has 0 aromatic rings. The molecule has 2 amide bonds. The van der Waals surface area contributed by atoms with E-state index in [1.807, 2.05) is 0 Å². The molecular weight excluding hydrogens is 214 g/mol. The Labute approximate surface area is 94.4 Å². The second kappa shape index (κ2) is 6.29. The highest BCUT2D eigenvalue weighted by molar-refractivity contribution is 5.76. The van der Waals surface area contributed by atoms with E-state index in [9.17, 15) is 14.7 Å². The molecule has 16 heavy (non-hydrogen) atoms. The molecule has 94 valence electrons. The molecule has 4 N–H and O–H groups in total. The van der Waals surface area contributed by atoms with Gasteiger partial charge in [-0.05, 0) is 6.92 Å². The molecule has 0 fully saturated rings. The van der Waals surface area contributed by atoms with Crippen LogP contribution in [0.15, 0.2) is 0 Å². The number of carboxylic acids is 1. The first-order valence-electron chi connectivity index (χ1n) is 4.89. The van der Waals surface area contributed by atoms with E-state index in [0.717, 1.165) is 0 Å². The van der Waals surface area contributed by atoms with E-state index in [4.69, 9.17) is 5.11 Å². The van der Waals surface area contributed by atoms with Gasteiger partial charge in [0.05, 0.1) is 0 Å². The minimum absolute atomic E-state index is 0.0693. The summed E-state index contributed by atoms with van der Waals surface area (Å²) < 4.78 is 0. The van der Waals surface area contributed by atoms with Crippen LogP contribution in [0.1, 0.15) is 6.92 Å². The van der Waals surface area contributed by atoms with Gasteiger partial charge in [-0.25, -0.2) is 9.59 Å². The van der Waals surface area contributed by atoms with Gasteiger partial charge in [-0.3, -0.25) is 0 Å². The molecular formula is C9H19N3O4. The largest absolute Gasteiger partial charge is 0.479 e. The van der Waals surface area contributed by atoms with E-state index in [0.29, 0.717) is 13.1 Å². The van der Waals surface area contributed by atoms with E-state index in [1.165, 1.54) is 11.8 Å². The number of carbonyl (C=O) groups is 2. The minimum atomic E-state index is -1.79. The van der Waals surface area contributed by atoms with Gasteiger partial charge in [-0.15, -0.1) is 0 Å². The van der Waals surface area contributed by atoms with Crippen molar-refractivity contribution < 1.29 is 19.8 Å². The van der Waals surface area contributed by atoms with Gasteiger partial charge in [0, 0.05) is 33.7 Å². The summed E-state index contributed by atoms with van der Waals surface area (Å²) >= 11 is 0. The Kier molecular flexibility index (Phi) is 5.76. The van der Waals surface area contributed by atoms with Crippen LogP contribution in [0.25, 0.3) is 0 Å². The quantitative estimate of drug-likeness (QED) is 0.426. The third kappa shape index (κ3) is 5.52. The second-order valence-electron chi connectivity index (χ2n) is 3.88. The van der Waals surface area contributed by atoms with Crippen LogP contribution < -0.4 is 10.6 Å². The fourth-order valence-corrected chi connectivity index (χ4v) is 0.823. The number of carboxylic acid groups (broad SMARTS) is 1. The predicted molar refractivity (Wildman–Crippen MR) is 58.2 cm³/mol. The zero-order valence-corrected chi connectivity index (χ0v) is 9.78. The maximum atomic E-state index is 11.1. The van der Waals surface area contributed by atoms with Crippen molar-refractivity contribution in [3.63, 3.8) is 0 Å². The Balaban J connectivity index is 3.62. The van der Waals surface area contributed by atoms with Gasteiger partial charge in [0.25, 0.3) is 0 Å². The molecule has 0 radical (unpaired) electrons. The van der Waals surface area contributed by atoms with Crippen LogP contribution in [0, 0.1) is 0 Å². The summed E-state index contributed by atoms with van der Waals surface area (Å²) in [5.41, 5.74) is -1.79. The van der Waals surface area contributed by atoms with Crippen molar-refractivity contribution in [3.8, 4) is 0 Å². The van der Waals surface area contributed by atoms with E-state index in [1.54, 1.807) is 14.1 Å². The summed E-state index contributed by atoms with van der Waals surface area (Å²) in [5.74, 6) is -1.28. The van der Waals surface area contributed by atoms with Gasteiger partial charge in [0.1, 0.15) is 0 Å². The topological polar surface area (TPSA) is 102 Å². The van der Waals surface area contributed by atoms with E-state index < -0.39 is 11.6 Å². The number of rotatable bonds is 6.